The van der Waals surface area contributed by atoms with Crippen molar-refractivity contribution >= 4 is 21.6 Å². The molecular weight excluding hydrogens is 452 g/mol. The van der Waals surface area contributed by atoms with Crippen LogP contribution in [0.25, 0.3) is 10.2 Å². The summed E-state index contributed by atoms with van der Waals surface area (Å²) >= 11 is 0.836. The number of hydrogen-bond donors (Lipinski definition) is 6. The number of rotatable bonds is 11. The van der Waals surface area contributed by atoms with Crippen molar-refractivity contribution in [3.63, 3.8) is 0 Å². The molecule has 0 aliphatic carbocycles. The van der Waals surface area contributed by atoms with E-state index < -0.39 is 5.79 Å². The topological polar surface area (TPSA) is 130 Å². The molecule has 2 aromatic carbocycles. The number of nitrogens with one attached hydrogen (secondary N) is 3. The Labute approximate surface area is 201 Å². The zero-order chi connectivity index (χ0) is 24.0. The van der Waals surface area contributed by atoms with Crippen LogP contribution in [0.1, 0.15) is 22.4 Å². The maximum Gasteiger partial charge on any atom is 0.305 e. The summed E-state index contributed by atoms with van der Waals surface area (Å²) in [7, 11) is 0. The van der Waals surface area contributed by atoms with E-state index in [0.29, 0.717) is 11.2 Å². The smallest absolute Gasteiger partial charge is 0.305 e. The van der Waals surface area contributed by atoms with Gasteiger partial charge in [0.1, 0.15) is 11.3 Å². The average molecular weight is 481 g/mol. The highest BCUT2D eigenvalue weighted by atomic mass is 32.1. The van der Waals surface area contributed by atoms with Gasteiger partial charge in [-0.15, -0.1) is 0 Å². The zero-order valence-electron chi connectivity index (χ0n) is 18.6. The first-order chi connectivity index (χ1) is 16.4. The van der Waals surface area contributed by atoms with E-state index in [1.807, 2.05) is 24.4 Å². The lowest BCUT2D eigenvalue weighted by atomic mass is 10.0. The molecule has 0 fully saturated rings. The predicted octanol–water partition coefficient (Wildman–Crippen LogP) is 1.99. The normalized spacial score (nSPS) is 11.8. The molecule has 0 saturated heterocycles. The Morgan fingerprint density at radius 3 is 2.47 bits per heavy atom. The fourth-order valence-electron chi connectivity index (χ4n) is 3.74. The Morgan fingerprint density at radius 1 is 0.941 bits per heavy atom. The Kier molecular flexibility index (Phi) is 7.71. The third-order valence-electron chi connectivity index (χ3n) is 5.59. The number of benzene rings is 2. The third-order valence-corrected chi connectivity index (χ3v) is 6.50. The molecule has 0 atom stereocenters. The van der Waals surface area contributed by atoms with Crippen molar-refractivity contribution in [3.8, 4) is 5.75 Å². The molecule has 8 nitrogen and oxygen atoms in total. The van der Waals surface area contributed by atoms with Gasteiger partial charge < -0.3 is 30.9 Å². The number of hydrogen-bond acceptors (Lipinski definition) is 8. The third kappa shape index (κ3) is 6.07. The van der Waals surface area contributed by atoms with Crippen LogP contribution in [0.15, 0.2) is 65.6 Å². The van der Waals surface area contributed by atoms with Crippen LogP contribution in [0, 0.1) is 0 Å². The number of aliphatic hydroxyl groups is 2. The Bertz CT molecular complexity index is 1270. The van der Waals surface area contributed by atoms with Crippen molar-refractivity contribution in [3.05, 3.63) is 92.8 Å². The summed E-state index contributed by atoms with van der Waals surface area (Å²) in [5, 5.41) is 37.6. The standard InChI is InChI=1S/C25H28N4O4S/c30-21-9-8-20(23-22(21)29-24(31)34-23)25(32,33)16-27-13-10-17-4-6-18(7-5-17)15-26-14-11-19-3-1-2-12-28-19/h1-9,12,26-27,30,32-33H,10-11,13-16H2,(H,29,31). The fourth-order valence-corrected chi connectivity index (χ4v) is 4.68. The van der Waals surface area contributed by atoms with Crippen molar-refractivity contribution in [1.82, 2.24) is 20.6 Å². The zero-order valence-corrected chi connectivity index (χ0v) is 19.4. The van der Waals surface area contributed by atoms with Crippen LogP contribution in [-0.4, -0.2) is 44.9 Å². The largest absolute Gasteiger partial charge is 0.506 e. The summed E-state index contributed by atoms with van der Waals surface area (Å²) in [6, 6.07) is 17.0. The van der Waals surface area contributed by atoms with Gasteiger partial charge in [-0.3, -0.25) is 9.78 Å². The summed E-state index contributed by atoms with van der Waals surface area (Å²) in [5.74, 6) is -2.28. The molecule has 2 heterocycles. The maximum atomic E-state index is 11.7. The van der Waals surface area contributed by atoms with Crippen LogP contribution < -0.4 is 15.5 Å². The van der Waals surface area contributed by atoms with Gasteiger partial charge in [-0.1, -0.05) is 41.7 Å². The van der Waals surface area contributed by atoms with E-state index in [2.05, 4.69) is 44.9 Å². The lowest BCUT2D eigenvalue weighted by molar-refractivity contribution is -0.164. The number of phenolic OH excluding ortho intramolecular Hbond substituents is 1. The number of nitrogens with zero attached hydrogens (tertiary/aromatic N) is 1. The molecule has 6 N–H and O–H groups in total. The molecule has 0 spiro atoms. The lowest BCUT2D eigenvalue weighted by Crippen LogP contribution is -2.38. The summed E-state index contributed by atoms with van der Waals surface area (Å²) in [6.07, 6.45) is 3.42. The molecule has 0 bridgehead atoms. The highest BCUT2D eigenvalue weighted by molar-refractivity contribution is 7.16. The Hall–Kier alpha value is -3.08. The number of fused-ring (bicyclic) bond motifs is 1. The highest BCUT2D eigenvalue weighted by Gasteiger charge is 2.29. The molecule has 0 radical (unpaired) electrons. The van der Waals surface area contributed by atoms with Crippen molar-refractivity contribution in [2.45, 2.75) is 25.2 Å². The van der Waals surface area contributed by atoms with Gasteiger partial charge in [0.05, 0.1) is 11.2 Å². The van der Waals surface area contributed by atoms with Crippen molar-refractivity contribution in [2.24, 2.45) is 0 Å². The van der Waals surface area contributed by atoms with Gasteiger partial charge in [-0.05, 0) is 48.4 Å². The second-order valence-corrected chi connectivity index (χ2v) is 9.14. The van der Waals surface area contributed by atoms with Crippen molar-refractivity contribution in [2.75, 3.05) is 19.6 Å². The van der Waals surface area contributed by atoms with Gasteiger partial charge in [0.2, 0.25) is 5.79 Å². The minimum atomic E-state index is -2.18. The van der Waals surface area contributed by atoms with Crippen LogP contribution >= 0.6 is 11.3 Å². The predicted molar refractivity (Wildman–Crippen MR) is 133 cm³/mol. The van der Waals surface area contributed by atoms with Crippen LogP contribution in [0.4, 0.5) is 0 Å². The minimum Gasteiger partial charge on any atom is -0.506 e. The summed E-state index contributed by atoms with van der Waals surface area (Å²) in [4.78, 5) is 18.1. The molecule has 34 heavy (non-hydrogen) atoms. The molecule has 0 amide bonds. The summed E-state index contributed by atoms with van der Waals surface area (Å²) < 4.78 is 0.334. The van der Waals surface area contributed by atoms with Crippen LogP contribution in [0.3, 0.4) is 0 Å². The van der Waals surface area contributed by atoms with Gasteiger partial charge in [-0.2, -0.15) is 0 Å². The molecule has 0 unspecified atom stereocenters. The number of aromatic nitrogens is 2. The number of H-pyrrole nitrogens is 1. The lowest BCUT2D eigenvalue weighted by Gasteiger charge is -2.23. The first-order valence-electron chi connectivity index (χ1n) is 11.1. The second-order valence-electron chi connectivity index (χ2n) is 8.16. The van der Waals surface area contributed by atoms with E-state index >= 15 is 0 Å². The molecule has 4 aromatic rings. The second kappa shape index (κ2) is 10.9. The minimum absolute atomic E-state index is 0.104. The van der Waals surface area contributed by atoms with E-state index in [9.17, 15) is 20.1 Å². The molecular formula is C25H28N4O4S. The van der Waals surface area contributed by atoms with Crippen molar-refractivity contribution in [1.29, 1.82) is 0 Å². The molecule has 0 aliphatic rings. The number of aromatic hydroxyl groups is 1. The van der Waals surface area contributed by atoms with E-state index in [1.54, 1.807) is 0 Å². The average Bonchev–Trinajstić information content (AvgIpc) is 3.23. The van der Waals surface area contributed by atoms with Crippen molar-refractivity contribution < 1.29 is 15.3 Å². The number of phenols is 1. The van der Waals surface area contributed by atoms with Gasteiger partial charge in [-0.25, -0.2) is 0 Å². The van der Waals surface area contributed by atoms with Gasteiger partial charge in [0, 0.05) is 37.0 Å². The monoisotopic (exact) mass is 480 g/mol. The Morgan fingerprint density at radius 2 is 1.71 bits per heavy atom. The molecule has 4 rings (SSSR count). The van der Waals surface area contributed by atoms with Gasteiger partial charge in [0.15, 0.2) is 0 Å². The van der Waals surface area contributed by atoms with E-state index in [4.69, 9.17) is 0 Å². The van der Waals surface area contributed by atoms with E-state index in [0.717, 1.165) is 48.5 Å². The molecule has 2 aromatic heterocycles. The summed E-state index contributed by atoms with van der Waals surface area (Å²) in [5.41, 5.74) is 3.81. The van der Waals surface area contributed by atoms with Crippen LogP contribution in [-0.2, 0) is 25.2 Å². The van der Waals surface area contributed by atoms with Crippen LogP contribution in [0.2, 0.25) is 0 Å². The molecule has 178 valence electrons. The first kappa shape index (κ1) is 24.1. The number of pyridine rings is 1. The highest BCUT2D eigenvalue weighted by Crippen LogP contribution is 2.32. The fraction of sp³-hybridized carbons (Fsp3) is 0.280. The SMILES string of the molecule is O=c1[nH]c2c(O)ccc(C(O)(O)CNCCc3ccc(CNCCc4ccccn4)cc3)c2s1. The summed E-state index contributed by atoms with van der Waals surface area (Å²) in [6.45, 7) is 2.08. The molecule has 0 saturated carbocycles. The first-order valence-corrected chi connectivity index (χ1v) is 11.9. The van der Waals surface area contributed by atoms with Gasteiger partial charge in [0.25, 0.3) is 0 Å². The van der Waals surface area contributed by atoms with Crippen LogP contribution in [0.5, 0.6) is 5.75 Å². The van der Waals surface area contributed by atoms with Gasteiger partial charge >= 0.3 is 4.87 Å². The quantitative estimate of drug-likeness (QED) is 0.143. The Balaban J connectivity index is 1.22. The number of thiazole rings is 1. The van der Waals surface area contributed by atoms with E-state index in [1.165, 1.54) is 17.7 Å². The maximum absolute atomic E-state index is 11.7. The van der Waals surface area contributed by atoms with E-state index in [-0.39, 0.29) is 28.2 Å². The molecule has 0 aliphatic heterocycles. The molecule has 9 heteroatoms. The number of aromatic amines is 1.